The lowest BCUT2D eigenvalue weighted by Gasteiger charge is -2.32. The molecule has 48 heavy (non-hydrogen) atoms. The van der Waals surface area contributed by atoms with Crippen molar-refractivity contribution >= 4 is 11.8 Å². The van der Waals surface area contributed by atoms with Crippen LogP contribution in [0.2, 0.25) is 0 Å². The molecular weight excluding hydrogens is 646 g/mol. The van der Waals surface area contributed by atoms with Crippen LogP contribution in [-0.4, -0.2) is 39.7 Å². The van der Waals surface area contributed by atoms with E-state index in [1.807, 2.05) is 13.8 Å². The summed E-state index contributed by atoms with van der Waals surface area (Å²) < 4.78 is 109. The van der Waals surface area contributed by atoms with Gasteiger partial charge in [0.2, 0.25) is 11.5 Å². The lowest BCUT2D eigenvalue weighted by atomic mass is 9.93. The number of benzene rings is 1. The molecule has 0 saturated heterocycles. The molecule has 0 aliphatic heterocycles. The van der Waals surface area contributed by atoms with Gasteiger partial charge in [0.1, 0.15) is 17.8 Å². The van der Waals surface area contributed by atoms with Crippen LogP contribution in [0.25, 0.3) is 11.6 Å². The van der Waals surface area contributed by atoms with E-state index in [1.165, 1.54) is 26.8 Å². The summed E-state index contributed by atoms with van der Waals surface area (Å²) >= 11 is 0. The molecule has 2 aromatic heterocycles. The summed E-state index contributed by atoms with van der Waals surface area (Å²) in [7, 11) is 0. The number of hydrogen-bond acceptors (Lipinski definition) is 8. The van der Waals surface area contributed by atoms with Crippen LogP contribution in [0.1, 0.15) is 83.7 Å². The maximum Gasteiger partial charge on any atom is 0.426 e. The molecule has 15 heteroatoms. The van der Waals surface area contributed by atoms with Gasteiger partial charge < -0.3 is 18.6 Å². The number of pyridine rings is 1. The summed E-state index contributed by atoms with van der Waals surface area (Å²) in [5.41, 5.74) is -6.30. The highest BCUT2D eigenvalue weighted by molar-refractivity contribution is 5.89. The number of anilines is 1. The standard InChI is InChI=1S/C33H40F6N4O5/c1-7-18-45-26-23(32(34,35)36)19-24(40-29(44)48-30(4,5)6)25(41-26)27-42-43-28(47-27)31(33(37,38)39,17-13-9-10-14-21(2)3)46-20-22-15-11-8-12-16-22/h7-8,11-12,15-16,19,21H,1,9-10,13-14,17-18,20H2,2-6H3,(H,40,44)/t31-/m1/s1. The first-order chi connectivity index (χ1) is 22.4. The number of hydrogen-bond donors (Lipinski definition) is 1. The predicted molar refractivity (Wildman–Crippen MR) is 165 cm³/mol. The molecule has 2 heterocycles. The van der Waals surface area contributed by atoms with E-state index in [4.69, 9.17) is 18.6 Å². The first kappa shape index (κ1) is 38.3. The van der Waals surface area contributed by atoms with Gasteiger partial charge >= 0.3 is 18.4 Å². The normalized spacial score (nSPS) is 13.7. The van der Waals surface area contributed by atoms with Crippen LogP contribution >= 0.6 is 0 Å². The molecule has 0 fully saturated rings. The van der Waals surface area contributed by atoms with Gasteiger partial charge in [-0.05, 0) is 51.2 Å². The van der Waals surface area contributed by atoms with Crippen LogP contribution < -0.4 is 10.1 Å². The first-order valence-electron chi connectivity index (χ1n) is 15.3. The average molecular weight is 687 g/mol. The Hall–Kier alpha value is -4.14. The van der Waals surface area contributed by atoms with Crippen molar-refractivity contribution in [1.82, 2.24) is 15.2 Å². The van der Waals surface area contributed by atoms with E-state index >= 15 is 13.2 Å². The van der Waals surface area contributed by atoms with E-state index in [2.05, 4.69) is 27.1 Å². The predicted octanol–water partition coefficient (Wildman–Crippen LogP) is 9.64. The zero-order valence-corrected chi connectivity index (χ0v) is 27.4. The Morgan fingerprint density at radius 1 is 1.02 bits per heavy atom. The summed E-state index contributed by atoms with van der Waals surface area (Å²) in [5, 5.41) is 9.59. The Bertz CT molecular complexity index is 1500. The minimum absolute atomic E-state index is 0.0856. The second-order valence-corrected chi connectivity index (χ2v) is 12.5. The van der Waals surface area contributed by atoms with Gasteiger partial charge in [-0.3, -0.25) is 5.32 Å². The highest BCUT2D eigenvalue weighted by Crippen LogP contribution is 2.47. The molecule has 0 unspecified atom stereocenters. The summed E-state index contributed by atoms with van der Waals surface area (Å²) in [6.07, 6.45) is -8.62. The molecule has 3 rings (SSSR count). The minimum Gasteiger partial charge on any atom is -0.473 e. The number of rotatable bonds is 15. The molecule has 264 valence electrons. The second kappa shape index (κ2) is 15.8. The Morgan fingerprint density at radius 3 is 2.29 bits per heavy atom. The molecule has 0 aliphatic rings. The Balaban J connectivity index is 2.16. The number of halogens is 6. The molecule has 1 amide bonds. The largest absolute Gasteiger partial charge is 0.473 e. The summed E-state index contributed by atoms with van der Waals surface area (Å²) in [4.78, 5) is 16.5. The fourth-order valence-electron chi connectivity index (χ4n) is 4.57. The Morgan fingerprint density at radius 2 is 1.71 bits per heavy atom. The number of amides is 1. The average Bonchev–Trinajstić information content (AvgIpc) is 3.46. The highest BCUT2D eigenvalue weighted by atomic mass is 19.4. The zero-order chi connectivity index (χ0) is 35.8. The number of carbonyl (C=O) groups excluding carboxylic acids is 1. The van der Waals surface area contributed by atoms with Gasteiger partial charge in [0.15, 0.2) is 5.69 Å². The Kier molecular flexibility index (Phi) is 12.6. The van der Waals surface area contributed by atoms with E-state index in [-0.39, 0.29) is 6.42 Å². The van der Waals surface area contributed by atoms with Crippen LogP contribution in [0.15, 0.2) is 53.5 Å². The maximum atomic E-state index is 15.1. The number of carbonyl (C=O) groups is 1. The number of unbranched alkanes of at least 4 members (excludes halogenated alkanes) is 2. The van der Waals surface area contributed by atoms with Gasteiger partial charge in [0.25, 0.3) is 11.8 Å². The van der Waals surface area contributed by atoms with Crippen molar-refractivity contribution < 1.29 is 49.8 Å². The third-order valence-corrected chi connectivity index (χ3v) is 6.84. The van der Waals surface area contributed by atoms with Crippen LogP contribution in [0.3, 0.4) is 0 Å². The van der Waals surface area contributed by atoms with Gasteiger partial charge in [-0.25, -0.2) is 9.78 Å². The molecule has 0 saturated carbocycles. The van der Waals surface area contributed by atoms with Gasteiger partial charge in [-0.15, -0.1) is 10.2 Å². The van der Waals surface area contributed by atoms with Crippen molar-refractivity contribution in [2.75, 3.05) is 11.9 Å². The summed E-state index contributed by atoms with van der Waals surface area (Å²) in [5.74, 6) is -2.31. The van der Waals surface area contributed by atoms with Crippen molar-refractivity contribution in [3.05, 3.63) is 66.1 Å². The molecule has 1 atom stereocenters. The van der Waals surface area contributed by atoms with Gasteiger partial charge in [0.05, 0.1) is 12.3 Å². The van der Waals surface area contributed by atoms with Gasteiger partial charge in [-0.1, -0.05) is 76.1 Å². The number of ether oxygens (including phenoxy) is 3. The lowest BCUT2D eigenvalue weighted by molar-refractivity contribution is -0.300. The maximum absolute atomic E-state index is 15.1. The van der Waals surface area contributed by atoms with Crippen molar-refractivity contribution in [2.24, 2.45) is 5.92 Å². The lowest BCUT2D eigenvalue weighted by Crippen LogP contribution is -2.45. The molecule has 0 aliphatic carbocycles. The Labute approximate surface area is 275 Å². The number of aromatic nitrogens is 3. The van der Waals surface area contributed by atoms with E-state index in [9.17, 15) is 18.0 Å². The minimum atomic E-state index is -5.06. The van der Waals surface area contributed by atoms with E-state index in [0.29, 0.717) is 30.4 Å². The summed E-state index contributed by atoms with van der Waals surface area (Å²) in [6.45, 7) is 11.1. The van der Waals surface area contributed by atoms with Crippen molar-refractivity contribution in [1.29, 1.82) is 0 Å². The number of nitrogens with one attached hydrogen (secondary N) is 1. The van der Waals surface area contributed by atoms with Crippen molar-refractivity contribution in [3.8, 4) is 17.5 Å². The molecule has 9 nitrogen and oxygen atoms in total. The fourth-order valence-corrected chi connectivity index (χ4v) is 4.57. The van der Waals surface area contributed by atoms with Crippen LogP contribution in [-0.2, 0) is 27.9 Å². The van der Waals surface area contributed by atoms with Crippen molar-refractivity contribution in [2.45, 2.75) is 96.9 Å². The first-order valence-corrected chi connectivity index (χ1v) is 15.3. The van der Waals surface area contributed by atoms with E-state index in [1.54, 1.807) is 30.3 Å². The number of alkyl halides is 6. The molecule has 0 radical (unpaired) electrons. The van der Waals surface area contributed by atoms with E-state index in [0.717, 1.165) is 6.42 Å². The van der Waals surface area contributed by atoms with Crippen LogP contribution in [0.5, 0.6) is 5.88 Å². The smallest absolute Gasteiger partial charge is 0.426 e. The van der Waals surface area contributed by atoms with Crippen LogP contribution in [0.4, 0.5) is 36.8 Å². The summed E-state index contributed by atoms with van der Waals surface area (Å²) in [6, 6.07) is 8.67. The third kappa shape index (κ3) is 10.4. The zero-order valence-electron chi connectivity index (χ0n) is 27.4. The SMILES string of the molecule is C=CCOc1nc(-c2nnc([C@@](CCCCCC(C)C)(OCc3ccccc3)C(F)(F)F)o2)c(NC(=O)OC(C)(C)C)cc1C(F)(F)F. The molecule has 1 aromatic carbocycles. The molecule has 1 N–H and O–H groups in total. The topological polar surface area (TPSA) is 109 Å². The van der Waals surface area contributed by atoms with Gasteiger partial charge in [0, 0.05) is 0 Å². The monoisotopic (exact) mass is 686 g/mol. The molecule has 0 spiro atoms. The van der Waals surface area contributed by atoms with Crippen molar-refractivity contribution in [3.63, 3.8) is 0 Å². The number of nitrogens with zero attached hydrogens (tertiary/aromatic N) is 3. The quantitative estimate of drug-likeness (QED) is 0.0957. The third-order valence-electron chi connectivity index (χ3n) is 6.84. The van der Waals surface area contributed by atoms with Crippen LogP contribution in [0, 0.1) is 5.92 Å². The molecular formula is C33H40F6N4O5. The van der Waals surface area contributed by atoms with E-state index < -0.39 is 83.9 Å². The molecule has 3 aromatic rings. The molecule has 0 bridgehead atoms. The highest BCUT2D eigenvalue weighted by Gasteiger charge is 2.61. The fraction of sp³-hybridized carbons (Fsp3) is 0.515. The van der Waals surface area contributed by atoms with Gasteiger partial charge in [-0.2, -0.15) is 26.3 Å². The second-order valence-electron chi connectivity index (χ2n) is 12.5.